The summed E-state index contributed by atoms with van der Waals surface area (Å²) in [5, 5.41) is 21.0. The summed E-state index contributed by atoms with van der Waals surface area (Å²) in [6, 6.07) is 0. The molecule has 2 saturated carbocycles. The summed E-state index contributed by atoms with van der Waals surface area (Å²) >= 11 is 0. The van der Waals surface area contributed by atoms with Crippen LogP contribution in [0, 0.1) is 17.3 Å². The molecule has 1 aromatic carbocycles. The molecule has 7 nitrogen and oxygen atoms in total. The number of phenols is 1. The highest BCUT2D eigenvalue weighted by Crippen LogP contribution is 2.65. The Hall–Kier alpha value is -1.67. The lowest BCUT2D eigenvalue weighted by Gasteiger charge is -2.50. The number of aliphatic hydroxyl groups is 1. The molecule has 27 heavy (non-hydrogen) atoms. The zero-order chi connectivity index (χ0) is 19.1. The molecular weight excluding hydrogens is 372 g/mol. The third kappa shape index (κ3) is 2.20. The van der Waals surface area contributed by atoms with E-state index in [0.717, 1.165) is 37.7 Å². The Morgan fingerprint density at radius 3 is 2.63 bits per heavy atom. The second-order valence-electron chi connectivity index (χ2n) is 8.56. The van der Waals surface area contributed by atoms with Crippen molar-refractivity contribution in [3.05, 3.63) is 11.1 Å². The summed E-state index contributed by atoms with van der Waals surface area (Å²) in [5.41, 5.74) is 1.44. The van der Waals surface area contributed by atoms with E-state index in [2.05, 4.69) is 6.92 Å². The van der Waals surface area contributed by atoms with Gasteiger partial charge in [-0.25, -0.2) is 0 Å². The van der Waals surface area contributed by atoms with Gasteiger partial charge in [-0.1, -0.05) is 6.92 Å². The van der Waals surface area contributed by atoms with E-state index in [1.54, 1.807) is 0 Å². The standard InChI is InChI=1S/C19H24O7S/c1-19-8-7-10-9(12(19)5-6-13(19)20)3-4-11-14(10)17-18(24-2)15(21)16(11)25-27(22,23)26-17/h9-10,12-13,20-21H,3-8H2,1-2H3/t9-,10-,12-,13-,19-/m0/s1. The number of rotatable bonds is 1. The van der Waals surface area contributed by atoms with Crippen molar-refractivity contribution in [1.82, 2.24) is 0 Å². The van der Waals surface area contributed by atoms with Crippen molar-refractivity contribution < 1.29 is 31.7 Å². The van der Waals surface area contributed by atoms with Gasteiger partial charge in [-0.05, 0) is 61.7 Å². The summed E-state index contributed by atoms with van der Waals surface area (Å²) in [7, 11) is -2.93. The van der Waals surface area contributed by atoms with Crippen molar-refractivity contribution in [2.24, 2.45) is 17.3 Å². The van der Waals surface area contributed by atoms with E-state index in [4.69, 9.17) is 13.1 Å². The number of benzene rings is 1. The highest BCUT2D eigenvalue weighted by atomic mass is 32.3. The largest absolute Gasteiger partial charge is 0.502 e. The van der Waals surface area contributed by atoms with E-state index in [-0.39, 0.29) is 40.4 Å². The SMILES string of the molecule is COc1c(O)c2c3c(c1OS(=O)(=O)O2)[C@H]1CC[C@]2(C)[C@@H](O)CC[C@H]2[C@H]1CC3. The monoisotopic (exact) mass is 396 g/mol. The molecule has 3 aliphatic carbocycles. The number of methoxy groups -OCH3 is 1. The number of aliphatic hydroxyl groups excluding tert-OH is 1. The number of hydrogen-bond acceptors (Lipinski definition) is 7. The van der Waals surface area contributed by atoms with Crippen LogP contribution in [0.1, 0.15) is 56.1 Å². The molecule has 0 aromatic heterocycles. The van der Waals surface area contributed by atoms with Crippen molar-refractivity contribution in [2.45, 2.75) is 57.5 Å². The molecule has 2 heterocycles. The lowest BCUT2D eigenvalue weighted by molar-refractivity contribution is -0.0228. The van der Waals surface area contributed by atoms with E-state index < -0.39 is 10.4 Å². The Kier molecular flexibility index (Phi) is 3.51. The fourth-order valence-electron chi connectivity index (χ4n) is 6.29. The quantitative estimate of drug-likeness (QED) is 0.752. The van der Waals surface area contributed by atoms with Crippen molar-refractivity contribution in [3.8, 4) is 23.0 Å². The van der Waals surface area contributed by atoms with Gasteiger partial charge in [0.05, 0.1) is 13.2 Å². The molecule has 5 atom stereocenters. The van der Waals surface area contributed by atoms with Gasteiger partial charge in [-0.15, -0.1) is 8.42 Å². The maximum absolute atomic E-state index is 12.2. The second-order valence-corrected chi connectivity index (χ2v) is 9.71. The van der Waals surface area contributed by atoms with Crippen LogP contribution in [-0.2, 0) is 16.8 Å². The van der Waals surface area contributed by atoms with Gasteiger partial charge in [0.1, 0.15) is 0 Å². The number of phenolic OH excluding ortho intramolecular Hbond substituents is 1. The molecular formula is C19H24O7S. The summed E-state index contributed by atoms with van der Waals surface area (Å²) in [6.07, 6.45) is 4.74. The molecule has 0 amide bonds. The molecule has 2 N–H and O–H groups in total. The molecule has 2 fully saturated rings. The van der Waals surface area contributed by atoms with Crippen LogP contribution in [-0.4, -0.2) is 31.8 Å². The van der Waals surface area contributed by atoms with E-state index in [0.29, 0.717) is 23.8 Å². The molecule has 1 aromatic rings. The topological polar surface area (TPSA) is 102 Å². The van der Waals surface area contributed by atoms with Crippen LogP contribution in [0.4, 0.5) is 0 Å². The third-order valence-corrected chi connectivity index (χ3v) is 8.28. The van der Waals surface area contributed by atoms with Crippen LogP contribution in [0.5, 0.6) is 23.0 Å². The average Bonchev–Trinajstić information content (AvgIpc) is 2.80. The van der Waals surface area contributed by atoms with Crippen LogP contribution < -0.4 is 13.1 Å². The van der Waals surface area contributed by atoms with Crippen molar-refractivity contribution in [3.63, 3.8) is 0 Å². The van der Waals surface area contributed by atoms with Gasteiger partial charge in [-0.2, -0.15) is 0 Å². The van der Waals surface area contributed by atoms with Crippen molar-refractivity contribution in [1.29, 1.82) is 0 Å². The Bertz CT molecular complexity index is 925. The molecule has 5 aliphatic rings. The maximum Gasteiger partial charge on any atom is 0.501 e. The molecule has 6 rings (SSSR count). The van der Waals surface area contributed by atoms with Gasteiger partial charge in [0.15, 0.2) is 11.5 Å². The smallest absolute Gasteiger partial charge is 0.501 e. The lowest BCUT2D eigenvalue weighted by atomic mass is 9.55. The molecule has 148 valence electrons. The van der Waals surface area contributed by atoms with Crippen LogP contribution in [0.25, 0.3) is 0 Å². The zero-order valence-corrected chi connectivity index (χ0v) is 16.2. The maximum atomic E-state index is 12.2. The molecule has 0 spiro atoms. The van der Waals surface area contributed by atoms with Gasteiger partial charge >= 0.3 is 10.4 Å². The number of hydrogen-bond donors (Lipinski definition) is 2. The summed E-state index contributed by atoms with van der Waals surface area (Å²) in [6.45, 7) is 2.19. The number of ether oxygens (including phenoxy) is 1. The first-order valence-electron chi connectivity index (χ1n) is 9.54. The average molecular weight is 396 g/mol. The molecule has 8 heteroatoms. The van der Waals surface area contributed by atoms with Gasteiger partial charge < -0.3 is 23.3 Å². The van der Waals surface area contributed by atoms with Gasteiger partial charge in [0.2, 0.25) is 11.5 Å². The summed E-state index contributed by atoms with van der Waals surface area (Å²) in [5.74, 6) is 0.571. The first kappa shape index (κ1) is 17.4. The lowest BCUT2D eigenvalue weighted by Crippen LogP contribution is -2.44. The summed E-state index contributed by atoms with van der Waals surface area (Å²) < 4.78 is 40.0. The molecule has 0 unspecified atom stereocenters. The van der Waals surface area contributed by atoms with Crippen LogP contribution in [0.15, 0.2) is 0 Å². The Balaban J connectivity index is 1.69. The first-order valence-corrected chi connectivity index (χ1v) is 10.9. The minimum atomic E-state index is -4.30. The Labute approximate surface area is 158 Å². The highest BCUT2D eigenvalue weighted by Gasteiger charge is 2.56. The van der Waals surface area contributed by atoms with Gasteiger partial charge in [0.25, 0.3) is 0 Å². The van der Waals surface area contributed by atoms with Crippen LogP contribution >= 0.6 is 0 Å². The van der Waals surface area contributed by atoms with Crippen molar-refractivity contribution >= 4 is 10.4 Å². The molecule has 0 radical (unpaired) electrons. The predicted octanol–water partition coefficient (Wildman–Crippen LogP) is 2.63. The van der Waals surface area contributed by atoms with Gasteiger partial charge in [-0.3, -0.25) is 0 Å². The Morgan fingerprint density at radius 2 is 1.89 bits per heavy atom. The zero-order valence-electron chi connectivity index (χ0n) is 15.4. The van der Waals surface area contributed by atoms with E-state index >= 15 is 0 Å². The highest BCUT2D eigenvalue weighted by molar-refractivity contribution is 7.82. The van der Waals surface area contributed by atoms with E-state index in [1.165, 1.54) is 7.11 Å². The normalized spacial score (nSPS) is 38.0. The van der Waals surface area contributed by atoms with E-state index in [1.807, 2.05) is 0 Å². The molecule has 2 aliphatic heterocycles. The molecule has 0 saturated heterocycles. The Morgan fingerprint density at radius 1 is 1.15 bits per heavy atom. The number of fused-ring (bicyclic) bond motifs is 6. The number of aromatic hydroxyl groups is 1. The fourth-order valence-corrected chi connectivity index (χ4v) is 7.08. The van der Waals surface area contributed by atoms with Crippen LogP contribution in [0.3, 0.4) is 0 Å². The second kappa shape index (κ2) is 5.44. The minimum absolute atomic E-state index is 0.0188. The minimum Gasteiger partial charge on any atom is -0.502 e. The fraction of sp³-hybridized carbons (Fsp3) is 0.684. The summed E-state index contributed by atoms with van der Waals surface area (Å²) in [4.78, 5) is 0. The third-order valence-electron chi connectivity index (χ3n) is 7.54. The predicted molar refractivity (Wildman–Crippen MR) is 95.5 cm³/mol. The first-order chi connectivity index (χ1) is 12.8. The van der Waals surface area contributed by atoms with Crippen molar-refractivity contribution in [2.75, 3.05) is 7.11 Å². The molecule has 2 bridgehead atoms. The van der Waals surface area contributed by atoms with Gasteiger partial charge in [0, 0.05) is 11.1 Å². The van der Waals surface area contributed by atoms with E-state index in [9.17, 15) is 18.6 Å². The van der Waals surface area contributed by atoms with Crippen LogP contribution in [0.2, 0.25) is 0 Å².